The van der Waals surface area contributed by atoms with Gasteiger partial charge < -0.3 is 15.1 Å². The standard InChI is InChI=1S/C10H16BrN5O/c1-16(7-2-4-17-5-3-7)10-8(11)9(15-12)13-6-14-10/h6-7H,2-5,12H2,1H3,(H,13,14,15). The molecule has 0 amide bonds. The zero-order chi connectivity index (χ0) is 12.3. The molecular weight excluding hydrogens is 286 g/mol. The van der Waals surface area contributed by atoms with Crippen LogP contribution in [0.15, 0.2) is 10.8 Å². The Balaban J connectivity index is 2.20. The minimum Gasteiger partial charge on any atom is -0.381 e. The Hall–Kier alpha value is -0.920. The molecule has 1 aromatic heterocycles. The maximum atomic E-state index is 5.39. The third kappa shape index (κ3) is 2.67. The minimum absolute atomic E-state index is 0.445. The first-order chi connectivity index (χ1) is 8.24. The number of nitrogens with one attached hydrogen (secondary N) is 1. The summed E-state index contributed by atoms with van der Waals surface area (Å²) in [5.74, 6) is 6.83. The molecule has 1 aliphatic rings. The quantitative estimate of drug-likeness (QED) is 0.644. The van der Waals surface area contributed by atoms with Gasteiger partial charge in [-0.15, -0.1) is 0 Å². The summed E-state index contributed by atoms with van der Waals surface area (Å²) >= 11 is 3.47. The first kappa shape index (κ1) is 12.5. The lowest BCUT2D eigenvalue weighted by atomic mass is 10.1. The van der Waals surface area contributed by atoms with E-state index < -0.39 is 0 Å². The zero-order valence-corrected chi connectivity index (χ0v) is 11.3. The molecule has 94 valence electrons. The van der Waals surface area contributed by atoms with Crippen LogP contribution in [-0.4, -0.2) is 36.3 Å². The van der Waals surface area contributed by atoms with E-state index in [4.69, 9.17) is 10.6 Å². The van der Waals surface area contributed by atoms with Crippen molar-refractivity contribution in [2.75, 3.05) is 30.6 Å². The van der Waals surface area contributed by atoms with Crippen molar-refractivity contribution in [1.82, 2.24) is 9.97 Å². The number of hydrogen-bond acceptors (Lipinski definition) is 6. The van der Waals surface area contributed by atoms with E-state index in [2.05, 4.69) is 36.2 Å². The highest BCUT2D eigenvalue weighted by Crippen LogP contribution is 2.30. The van der Waals surface area contributed by atoms with Crippen molar-refractivity contribution in [1.29, 1.82) is 0 Å². The summed E-state index contributed by atoms with van der Waals surface area (Å²) < 4.78 is 6.15. The molecule has 17 heavy (non-hydrogen) atoms. The number of halogens is 1. The third-order valence-corrected chi connectivity index (χ3v) is 3.71. The van der Waals surface area contributed by atoms with Crippen molar-refractivity contribution in [3.63, 3.8) is 0 Å². The fraction of sp³-hybridized carbons (Fsp3) is 0.600. The molecule has 0 aromatic carbocycles. The Bertz CT molecular complexity index is 383. The second-order valence-electron chi connectivity index (χ2n) is 3.96. The van der Waals surface area contributed by atoms with Crippen molar-refractivity contribution in [2.45, 2.75) is 18.9 Å². The Labute approximate surface area is 109 Å². The van der Waals surface area contributed by atoms with Gasteiger partial charge in [-0.2, -0.15) is 0 Å². The van der Waals surface area contributed by atoms with E-state index in [0.29, 0.717) is 11.9 Å². The third-order valence-electron chi connectivity index (χ3n) is 2.98. The lowest BCUT2D eigenvalue weighted by Gasteiger charge is -2.32. The summed E-state index contributed by atoms with van der Waals surface area (Å²) in [4.78, 5) is 10.5. The molecule has 2 heterocycles. The summed E-state index contributed by atoms with van der Waals surface area (Å²) in [6, 6.07) is 0.445. The van der Waals surface area contributed by atoms with Crippen molar-refractivity contribution in [2.24, 2.45) is 5.84 Å². The fourth-order valence-corrected chi connectivity index (χ4v) is 2.55. The van der Waals surface area contributed by atoms with Crippen LogP contribution in [0.3, 0.4) is 0 Å². The largest absolute Gasteiger partial charge is 0.381 e. The smallest absolute Gasteiger partial charge is 0.159 e. The van der Waals surface area contributed by atoms with Gasteiger partial charge in [-0.05, 0) is 28.8 Å². The van der Waals surface area contributed by atoms with E-state index >= 15 is 0 Å². The van der Waals surface area contributed by atoms with E-state index in [9.17, 15) is 0 Å². The van der Waals surface area contributed by atoms with Crippen LogP contribution in [-0.2, 0) is 4.74 Å². The number of aromatic nitrogens is 2. The van der Waals surface area contributed by atoms with E-state index in [1.807, 2.05) is 7.05 Å². The molecule has 1 fully saturated rings. The van der Waals surface area contributed by atoms with Crippen molar-refractivity contribution >= 4 is 27.6 Å². The zero-order valence-electron chi connectivity index (χ0n) is 9.69. The number of nitrogen functional groups attached to an aromatic ring is 1. The average Bonchev–Trinajstić information content (AvgIpc) is 2.39. The lowest BCUT2D eigenvalue weighted by Crippen LogP contribution is -2.37. The normalized spacial score (nSPS) is 16.9. The second kappa shape index (κ2) is 5.61. The van der Waals surface area contributed by atoms with Gasteiger partial charge >= 0.3 is 0 Å². The Morgan fingerprint density at radius 1 is 1.47 bits per heavy atom. The van der Waals surface area contributed by atoms with Gasteiger partial charge in [0.1, 0.15) is 16.6 Å². The molecule has 2 rings (SSSR count). The topological polar surface area (TPSA) is 76.3 Å². The highest BCUT2D eigenvalue weighted by Gasteiger charge is 2.22. The molecule has 0 aliphatic carbocycles. The summed E-state index contributed by atoms with van der Waals surface area (Å²) in [6.45, 7) is 1.61. The molecule has 0 bridgehead atoms. The summed E-state index contributed by atoms with van der Waals surface area (Å²) in [5, 5.41) is 0. The van der Waals surface area contributed by atoms with Gasteiger partial charge in [-0.1, -0.05) is 0 Å². The van der Waals surface area contributed by atoms with E-state index in [1.54, 1.807) is 0 Å². The molecule has 0 saturated carbocycles. The summed E-state index contributed by atoms with van der Waals surface area (Å²) in [7, 11) is 2.03. The first-order valence-electron chi connectivity index (χ1n) is 5.51. The maximum Gasteiger partial charge on any atom is 0.159 e. The highest BCUT2D eigenvalue weighted by atomic mass is 79.9. The molecule has 7 heteroatoms. The molecule has 1 saturated heterocycles. The van der Waals surface area contributed by atoms with Crippen molar-refractivity contribution < 1.29 is 4.74 Å². The van der Waals surface area contributed by atoms with Crippen LogP contribution < -0.4 is 16.2 Å². The van der Waals surface area contributed by atoms with Crippen molar-refractivity contribution in [3.8, 4) is 0 Å². The number of nitrogens with zero attached hydrogens (tertiary/aromatic N) is 3. The second-order valence-corrected chi connectivity index (χ2v) is 4.75. The Morgan fingerprint density at radius 2 is 2.18 bits per heavy atom. The van der Waals surface area contributed by atoms with Crippen LogP contribution in [0.1, 0.15) is 12.8 Å². The number of anilines is 2. The Kier molecular flexibility index (Phi) is 4.14. The van der Waals surface area contributed by atoms with Gasteiger partial charge in [-0.3, -0.25) is 0 Å². The Morgan fingerprint density at radius 3 is 2.82 bits per heavy atom. The fourth-order valence-electron chi connectivity index (χ4n) is 1.95. The predicted octanol–water partition coefficient (Wildman–Crippen LogP) is 1.14. The van der Waals surface area contributed by atoms with E-state index in [-0.39, 0.29) is 0 Å². The monoisotopic (exact) mass is 301 g/mol. The van der Waals surface area contributed by atoms with Gasteiger partial charge in [0, 0.05) is 26.3 Å². The molecule has 0 spiro atoms. The molecule has 6 nitrogen and oxygen atoms in total. The molecule has 3 N–H and O–H groups in total. The number of hydrogen-bond donors (Lipinski definition) is 2. The number of nitrogens with two attached hydrogens (primary N) is 1. The van der Waals surface area contributed by atoms with Crippen LogP contribution in [0.25, 0.3) is 0 Å². The number of ether oxygens (including phenoxy) is 1. The molecule has 0 atom stereocenters. The maximum absolute atomic E-state index is 5.39. The van der Waals surface area contributed by atoms with Crippen LogP contribution in [0, 0.1) is 0 Å². The van der Waals surface area contributed by atoms with Crippen molar-refractivity contribution in [3.05, 3.63) is 10.8 Å². The van der Waals surface area contributed by atoms with Crippen LogP contribution >= 0.6 is 15.9 Å². The van der Waals surface area contributed by atoms with Gasteiger partial charge in [0.05, 0.1) is 0 Å². The van der Waals surface area contributed by atoms with E-state index in [1.165, 1.54) is 6.33 Å². The SMILES string of the molecule is CN(c1ncnc(NN)c1Br)C1CCOCC1. The minimum atomic E-state index is 0.445. The van der Waals surface area contributed by atoms with Crippen LogP contribution in [0.2, 0.25) is 0 Å². The summed E-state index contributed by atoms with van der Waals surface area (Å²) in [6.07, 6.45) is 3.53. The molecule has 0 radical (unpaired) electrons. The van der Waals surface area contributed by atoms with Gasteiger partial charge in [-0.25, -0.2) is 15.8 Å². The van der Waals surface area contributed by atoms with E-state index in [0.717, 1.165) is 36.3 Å². The molecule has 0 unspecified atom stereocenters. The van der Waals surface area contributed by atoms with Crippen LogP contribution in [0.5, 0.6) is 0 Å². The average molecular weight is 302 g/mol. The molecule has 1 aromatic rings. The first-order valence-corrected chi connectivity index (χ1v) is 6.31. The van der Waals surface area contributed by atoms with Gasteiger partial charge in [0.15, 0.2) is 5.82 Å². The highest BCUT2D eigenvalue weighted by molar-refractivity contribution is 9.10. The summed E-state index contributed by atoms with van der Waals surface area (Å²) in [5.41, 5.74) is 2.54. The van der Waals surface area contributed by atoms with Gasteiger partial charge in [0.25, 0.3) is 0 Å². The predicted molar refractivity (Wildman–Crippen MR) is 69.8 cm³/mol. The van der Waals surface area contributed by atoms with Gasteiger partial charge in [0.2, 0.25) is 0 Å². The number of rotatable bonds is 3. The molecular formula is C10H16BrN5O. The lowest BCUT2D eigenvalue weighted by molar-refractivity contribution is 0.0853. The number of hydrazine groups is 1. The van der Waals surface area contributed by atoms with Crippen LogP contribution in [0.4, 0.5) is 11.6 Å². The molecule has 1 aliphatic heterocycles.